The number of carbonyl (C=O) groups excluding carboxylic acids is 1. The molecule has 5 heteroatoms. The first-order chi connectivity index (χ1) is 13.5. The van der Waals surface area contributed by atoms with E-state index in [1.807, 2.05) is 91.3 Å². The smallest absolute Gasteiger partial charge is 0.211 e. The van der Waals surface area contributed by atoms with Crippen LogP contribution in [-0.2, 0) is 7.05 Å². The SMILES string of the molecule is Cc1ccc(/N=N/c2c(C(=O)c3ccc(Br)cc3)n(C)c3ccccc23)cc1. The van der Waals surface area contributed by atoms with Gasteiger partial charge in [-0.3, -0.25) is 4.79 Å². The summed E-state index contributed by atoms with van der Waals surface area (Å²) in [7, 11) is 1.89. The summed E-state index contributed by atoms with van der Waals surface area (Å²) in [5.74, 6) is -0.0796. The van der Waals surface area contributed by atoms with Gasteiger partial charge in [0.05, 0.1) is 11.2 Å². The van der Waals surface area contributed by atoms with E-state index in [-0.39, 0.29) is 5.78 Å². The minimum atomic E-state index is -0.0796. The monoisotopic (exact) mass is 431 g/mol. The summed E-state index contributed by atoms with van der Waals surface area (Å²) in [6.07, 6.45) is 0. The highest BCUT2D eigenvalue weighted by Crippen LogP contribution is 2.35. The maximum atomic E-state index is 13.3. The van der Waals surface area contributed by atoms with Crippen LogP contribution in [0.2, 0.25) is 0 Å². The molecule has 4 aromatic rings. The largest absolute Gasteiger partial charge is 0.339 e. The van der Waals surface area contributed by atoms with Crippen molar-refractivity contribution in [3.63, 3.8) is 0 Å². The molecule has 4 nitrogen and oxygen atoms in total. The second-order valence-electron chi connectivity index (χ2n) is 6.64. The van der Waals surface area contributed by atoms with E-state index >= 15 is 0 Å². The second-order valence-corrected chi connectivity index (χ2v) is 7.56. The van der Waals surface area contributed by atoms with Crippen molar-refractivity contribution in [3.05, 3.63) is 94.1 Å². The zero-order chi connectivity index (χ0) is 19.7. The number of hydrogen-bond acceptors (Lipinski definition) is 3. The Hall–Kier alpha value is -3.05. The van der Waals surface area contributed by atoms with Crippen molar-refractivity contribution in [1.82, 2.24) is 4.57 Å². The second kappa shape index (κ2) is 7.52. The Bertz CT molecular complexity index is 1190. The number of rotatable bonds is 4. The fourth-order valence-electron chi connectivity index (χ4n) is 3.19. The van der Waals surface area contributed by atoms with Crippen molar-refractivity contribution in [1.29, 1.82) is 0 Å². The molecular formula is C23H18BrN3O. The zero-order valence-corrected chi connectivity index (χ0v) is 17.1. The van der Waals surface area contributed by atoms with Gasteiger partial charge >= 0.3 is 0 Å². The van der Waals surface area contributed by atoms with Crippen molar-refractivity contribution in [2.75, 3.05) is 0 Å². The number of nitrogens with zero attached hydrogens (tertiary/aromatic N) is 3. The van der Waals surface area contributed by atoms with Gasteiger partial charge < -0.3 is 4.57 Å². The molecule has 0 aliphatic carbocycles. The first-order valence-electron chi connectivity index (χ1n) is 8.90. The Kier molecular flexibility index (Phi) is 4.92. The van der Waals surface area contributed by atoms with Crippen molar-refractivity contribution >= 4 is 44.0 Å². The van der Waals surface area contributed by atoms with Crippen LogP contribution in [0.4, 0.5) is 11.4 Å². The fourth-order valence-corrected chi connectivity index (χ4v) is 3.46. The number of hydrogen-bond donors (Lipinski definition) is 0. The molecule has 0 unspecified atom stereocenters. The molecule has 0 radical (unpaired) electrons. The molecule has 0 amide bonds. The van der Waals surface area contributed by atoms with E-state index < -0.39 is 0 Å². The van der Waals surface area contributed by atoms with Gasteiger partial charge in [-0.15, -0.1) is 5.11 Å². The lowest BCUT2D eigenvalue weighted by molar-refractivity contribution is 0.103. The number of ketones is 1. The average Bonchev–Trinajstić information content (AvgIpc) is 3.00. The maximum absolute atomic E-state index is 13.3. The normalized spacial score (nSPS) is 11.4. The number of halogens is 1. The van der Waals surface area contributed by atoms with Gasteiger partial charge in [0.2, 0.25) is 5.78 Å². The first-order valence-corrected chi connectivity index (χ1v) is 9.70. The van der Waals surface area contributed by atoms with Crippen molar-refractivity contribution in [2.24, 2.45) is 17.3 Å². The number of aromatic nitrogens is 1. The van der Waals surface area contributed by atoms with Crippen LogP contribution in [0.15, 0.2) is 87.5 Å². The number of benzene rings is 3. The van der Waals surface area contributed by atoms with Gasteiger partial charge in [0, 0.05) is 22.5 Å². The number of carbonyl (C=O) groups is 1. The van der Waals surface area contributed by atoms with Crippen LogP contribution in [0.3, 0.4) is 0 Å². The molecule has 28 heavy (non-hydrogen) atoms. The molecule has 3 aromatic carbocycles. The molecule has 0 aliphatic heterocycles. The van der Waals surface area contributed by atoms with Gasteiger partial charge in [0.25, 0.3) is 0 Å². The molecule has 4 rings (SSSR count). The molecule has 0 saturated heterocycles. The molecule has 0 bridgehead atoms. The summed E-state index contributed by atoms with van der Waals surface area (Å²) >= 11 is 3.41. The summed E-state index contributed by atoms with van der Waals surface area (Å²) in [6, 6.07) is 23.0. The summed E-state index contributed by atoms with van der Waals surface area (Å²) in [5.41, 5.74) is 4.59. The minimum Gasteiger partial charge on any atom is -0.339 e. The predicted octanol–water partition coefficient (Wildman–Crippen LogP) is 6.90. The van der Waals surface area contributed by atoms with Crippen LogP contribution in [0.5, 0.6) is 0 Å². The lowest BCUT2D eigenvalue weighted by Crippen LogP contribution is -2.07. The van der Waals surface area contributed by atoms with Crippen LogP contribution >= 0.6 is 15.9 Å². The Balaban J connectivity index is 1.86. The van der Waals surface area contributed by atoms with Crippen molar-refractivity contribution < 1.29 is 4.79 Å². The standard InChI is InChI=1S/C23H18BrN3O/c1-15-7-13-18(14-8-15)25-26-21-19-5-3-4-6-20(19)27(2)22(21)23(28)16-9-11-17(24)12-10-16/h3-14H,1-2H3/b26-25+. The van der Waals surface area contributed by atoms with E-state index in [0.717, 1.165) is 26.6 Å². The predicted molar refractivity (Wildman–Crippen MR) is 116 cm³/mol. The molecule has 0 fully saturated rings. The molecular weight excluding hydrogens is 414 g/mol. The van der Waals surface area contributed by atoms with Crippen LogP contribution < -0.4 is 0 Å². The zero-order valence-electron chi connectivity index (χ0n) is 15.6. The number of fused-ring (bicyclic) bond motifs is 1. The lowest BCUT2D eigenvalue weighted by atomic mass is 10.1. The Morgan fingerprint density at radius 1 is 0.893 bits per heavy atom. The minimum absolute atomic E-state index is 0.0796. The molecule has 0 spiro atoms. The van der Waals surface area contributed by atoms with Gasteiger partial charge in [-0.25, -0.2) is 0 Å². The summed E-state index contributed by atoms with van der Waals surface area (Å²) < 4.78 is 2.82. The Labute approximate surface area is 171 Å². The summed E-state index contributed by atoms with van der Waals surface area (Å²) in [6.45, 7) is 2.03. The Morgan fingerprint density at radius 2 is 1.57 bits per heavy atom. The van der Waals surface area contributed by atoms with Gasteiger partial charge in [0.1, 0.15) is 11.4 Å². The van der Waals surface area contributed by atoms with Crippen LogP contribution in [0.1, 0.15) is 21.6 Å². The quantitative estimate of drug-likeness (QED) is 0.256. The van der Waals surface area contributed by atoms with Crippen molar-refractivity contribution in [3.8, 4) is 0 Å². The van der Waals surface area contributed by atoms with E-state index in [0.29, 0.717) is 16.9 Å². The van der Waals surface area contributed by atoms with Gasteiger partial charge in [-0.05, 0) is 49.4 Å². The van der Waals surface area contributed by atoms with Crippen LogP contribution in [-0.4, -0.2) is 10.4 Å². The average molecular weight is 432 g/mol. The molecule has 0 N–H and O–H groups in total. The first kappa shape index (κ1) is 18.3. The van der Waals surface area contributed by atoms with Crippen molar-refractivity contribution in [2.45, 2.75) is 6.92 Å². The van der Waals surface area contributed by atoms with Gasteiger partial charge in [0.15, 0.2) is 0 Å². The highest BCUT2D eigenvalue weighted by atomic mass is 79.9. The van der Waals surface area contributed by atoms with E-state index in [1.54, 1.807) is 0 Å². The Morgan fingerprint density at radius 3 is 2.29 bits per heavy atom. The molecule has 1 heterocycles. The van der Waals surface area contributed by atoms with Gasteiger partial charge in [-0.2, -0.15) is 5.11 Å². The fraction of sp³-hybridized carbons (Fsp3) is 0.0870. The lowest BCUT2D eigenvalue weighted by Gasteiger charge is -2.05. The molecule has 0 atom stereocenters. The van der Waals surface area contributed by atoms with Gasteiger partial charge in [-0.1, -0.05) is 51.8 Å². The van der Waals surface area contributed by atoms with E-state index in [1.165, 1.54) is 0 Å². The number of azo groups is 1. The number of para-hydroxylation sites is 1. The number of aryl methyl sites for hydroxylation is 2. The van der Waals surface area contributed by atoms with E-state index in [4.69, 9.17) is 0 Å². The summed E-state index contributed by atoms with van der Waals surface area (Å²) in [4.78, 5) is 13.3. The molecule has 0 saturated carbocycles. The third-order valence-electron chi connectivity index (χ3n) is 4.70. The van der Waals surface area contributed by atoms with Crippen LogP contribution in [0.25, 0.3) is 10.9 Å². The topological polar surface area (TPSA) is 46.7 Å². The summed E-state index contributed by atoms with van der Waals surface area (Å²) in [5, 5.41) is 9.78. The molecule has 0 aliphatic rings. The van der Waals surface area contributed by atoms with E-state index in [9.17, 15) is 4.79 Å². The van der Waals surface area contributed by atoms with E-state index in [2.05, 4.69) is 26.2 Å². The third kappa shape index (κ3) is 3.41. The van der Waals surface area contributed by atoms with Crippen LogP contribution in [0, 0.1) is 6.92 Å². The maximum Gasteiger partial charge on any atom is 0.211 e. The highest BCUT2D eigenvalue weighted by Gasteiger charge is 2.22. The molecule has 1 aromatic heterocycles. The third-order valence-corrected chi connectivity index (χ3v) is 5.23. The highest BCUT2D eigenvalue weighted by molar-refractivity contribution is 9.10. The molecule has 138 valence electrons.